The molecule has 0 atom stereocenters. The number of ether oxygens (including phenoxy) is 1. The van der Waals surface area contributed by atoms with Crippen LogP contribution in [-0.2, 0) is 0 Å². The molecule has 0 bridgehead atoms. The highest BCUT2D eigenvalue weighted by atomic mass is 16.5. The van der Waals surface area contributed by atoms with Crippen molar-refractivity contribution >= 4 is 28.3 Å². The van der Waals surface area contributed by atoms with E-state index in [4.69, 9.17) is 9.15 Å². The molecular weight excluding hydrogens is 294 g/mol. The van der Waals surface area contributed by atoms with E-state index >= 15 is 0 Å². The highest BCUT2D eigenvalue weighted by Crippen LogP contribution is 2.24. The number of hydrogen-bond acceptors (Lipinski definition) is 4. The van der Waals surface area contributed by atoms with Crippen molar-refractivity contribution in [3.8, 4) is 5.75 Å². The SMILES string of the molecule is COc1ccc2oc(C(=O)Nc3ccc(C(C)=O)cc3)cc2c1. The number of fused-ring (bicyclic) bond motifs is 1. The molecule has 0 saturated carbocycles. The van der Waals surface area contributed by atoms with Crippen LogP contribution in [0.5, 0.6) is 5.75 Å². The second-order valence-corrected chi connectivity index (χ2v) is 5.10. The van der Waals surface area contributed by atoms with Crippen LogP contribution in [0.4, 0.5) is 5.69 Å². The van der Waals surface area contributed by atoms with Crippen LogP contribution in [0.3, 0.4) is 0 Å². The van der Waals surface area contributed by atoms with E-state index in [1.54, 1.807) is 55.6 Å². The highest BCUT2D eigenvalue weighted by Gasteiger charge is 2.13. The zero-order chi connectivity index (χ0) is 16.4. The number of methoxy groups -OCH3 is 1. The van der Waals surface area contributed by atoms with Gasteiger partial charge in [-0.05, 0) is 55.5 Å². The minimum atomic E-state index is -0.351. The molecule has 0 aliphatic rings. The van der Waals surface area contributed by atoms with Crippen LogP contribution in [0.1, 0.15) is 27.8 Å². The molecule has 0 unspecified atom stereocenters. The van der Waals surface area contributed by atoms with Crippen molar-refractivity contribution in [2.24, 2.45) is 0 Å². The van der Waals surface area contributed by atoms with E-state index in [0.29, 0.717) is 22.6 Å². The van der Waals surface area contributed by atoms with Crippen molar-refractivity contribution in [3.05, 3.63) is 59.9 Å². The van der Waals surface area contributed by atoms with E-state index in [2.05, 4.69) is 5.32 Å². The van der Waals surface area contributed by atoms with Gasteiger partial charge in [0.25, 0.3) is 5.91 Å². The lowest BCUT2D eigenvalue weighted by molar-refractivity contribution is 0.0996. The van der Waals surface area contributed by atoms with Gasteiger partial charge in [-0.15, -0.1) is 0 Å². The molecule has 2 aromatic carbocycles. The molecule has 0 aliphatic carbocycles. The Morgan fingerprint density at radius 2 is 1.78 bits per heavy atom. The molecule has 0 saturated heterocycles. The van der Waals surface area contributed by atoms with Crippen molar-refractivity contribution in [2.75, 3.05) is 12.4 Å². The van der Waals surface area contributed by atoms with E-state index < -0.39 is 0 Å². The monoisotopic (exact) mass is 309 g/mol. The Hall–Kier alpha value is -3.08. The number of Topliss-reactive ketones (excluding diaryl/α,β-unsaturated/α-hetero) is 1. The van der Waals surface area contributed by atoms with Crippen molar-refractivity contribution in [3.63, 3.8) is 0 Å². The topological polar surface area (TPSA) is 68.5 Å². The maximum Gasteiger partial charge on any atom is 0.291 e. The smallest absolute Gasteiger partial charge is 0.291 e. The Kier molecular flexibility index (Phi) is 3.85. The highest BCUT2D eigenvalue weighted by molar-refractivity contribution is 6.05. The molecule has 0 fully saturated rings. The Bertz CT molecular complexity index is 878. The number of carbonyl (C=O) groups is 2. The van der Waals surface area contributed by atoms with E-state index in [1.807, 2.05) is 0 Å². The zero-order valence-corrected chi connectivity index (χ0v) is 12.8. The van der Waals surface area contributed by atoms with Gasteiger partial charge >= 0.3 is 0 Å². The molecule has 3 rings (SSSR count). The average molecular weight is 309 g/mol. The summed E-state index contributed by atoms with van der Waals surface area (Å²) < 4.78 is 10.7. The second kappa shape index (κ2) is 5.96. The fourth-order valence-electron chi connectivity index (χ4n) is 2.24. The zero-order valence-electron chi connectivity index (χ0n) is 12.8. The Morgan fingerprint density at radius 1 is 1.04 bits per heavy atom. The number of benzene rings is 2. The molecule has 0 spiro atoms. The molecule has 1 N–H and O–H groups in total. The molecule has 1 amide bonds. The first-order valence-corrected chi connectivity index (χ1v) is 7.07. The number of ketones is 1. The molecule has 0 aliphatic heterocycles. The predicted molar refractivity (Wildman–Crippen MR) is 87.2 cm³/mol. The van der Waals surface area contributed by atoms with E-state index in [-0.39, 0.29) is 17.5 Å². The van der Waals surface area contributed by atoms with Gasteiger partial charge in [-0.25, -0.2) is 0 Å². The summed E-state index contributed by atoms with van der Waals surface area (Å²) in [6, 6.07) is 13.7. The molecular formula is C18H15NO4. The van der Waals surface area contributed by atoms with Crippen molar-refractivity contribution < 1.29 is 18.7 Å². The summed E-state index contributed by atoms with van der Waals surface area (Å²) in [5.74, 6) is 0.541. The molecule has 3 aromatic rings. The Morgan fingerprint density at radius 3 is 2.43 bits per heavy atom. The normalized spacial score (nSPS) is 10.5. The number of amides is 1. The van der Waals surface area contributed by atoms with Crippen LogP contribution >= 0.6 is 0 Å². The minimum Gasteiger partial charge on any atom is -0.497 e. The summed E-state index contributed by atoms with van der Waals surface area (Å²) in [7, 11) is 1.58. The summed E-state index contributed by atoms with van der Waals surface area (Å²) in [4.78, 5) is 23.5. The first-order valence-electron chi connectivity index (χ1n) is 7.07. The maximum absolute atomic E-state index is 12.3. The van der Waals surface area contributed by atoms with Gasteiger partial charge in [-0.1, -0.05) is 0 Å². The third kappa shape index (κ3) is 3.08. The van der Waals surface area contributed by atoms with Crippen LogP contribution in [0.2, 0.25) is 0 Å². The van der Waals surface area contributed by atoms with Gasteiger partial charge in [-0.3, -0.25) is 9.59 Å². The maximum atomic E-state index is 12.3. The minimum absolute atomic E-state index is 0.0193. The van der Waals surface area contributed by atoms with Gasteiger partial charge in [0, 0.05) is 16.6 Å². The molecule has 0 radical (unpaired) electrons. The summed E-state index contributed by atoms with van der Waals surface area (Å²) in [5.41, 5.74) is 1.81. The van der Waals surface area contributed by atoms with E-state index in [1.165, 1.54) is 6.92 Å². The number of carbonyl (C=O) groups excluding carboxylic acids is 2. The fourth-order valence-corrected chi connectivity index (χ4v) is 2.24. The van der Waals surface area contributed by atoms with Crippen molar-refractivity contribution in [1.82, 2.24) is 0 Å². The Labute approximate surface area is 132 Å². The third-order valence-electron chi connectivity index (χ3n) is 3.50. The first-order chi connectivity index (χ1) is 11.1. The van der Waals surface area contributed by atoms with E-state index in [0.717, 1.165) is 5.39 Å². The molecule has 1 heterocycles. The lowest BCUT2D eigenvalue weighted by Crippen LogP contribution is -2.10. The first kappa shape index (κ1) is 14.8. The average Bonchev–Trinajstić information content (AvgIpc) is 2.98. The van der Waals surface area contributed by atoms with Gasteiger partial charge < -0.3 is 14.5 Å². The van der Waals surface area contributed by atoms with Crippen LogP contribution < -0.4 is 10.1 Å². The van der Waals surface area contributed by atoms with Crippen LogP contribution in [0.15, 0.2) is 52.9 Å². The van der Waals surface area contributed by atoms with E-state index in [9.17, 15) is 9.59 Å². The molecule has 23 heavy (non-hydrogen) atoms. The molecule has 5 nitrogen and oxygen atoms in total. The largest absolute Gasteiger partial charge is 0.497 e. The van der Waals surface area contributed by atoms with Gasteiger partial charge in [-0.2, -0.15) is 0 Å². The van der Waals surface area contributed by atoms with Gasteiger partial charge in [0.15, 0.2) is 11.5 Å². The van der Waals surface area contributed by atoms with Gasteiger partial charge in [0.2, 0.25) is 0 Å². The third-order valence-corrected chi connectivity index (χ3v) is 3.50. The van der Waals surface area contributed by atoms with Crippen LogP contribution in [-0.4, -0.2) is 18.8 Å². The number of anilines is 1. The summed E-state index contributed by atoms with van der Waals surface area (Å²) in [6.07, 6.45) is 0. The van der Waals surface area contributed by atoms with Gasteiger partial charge in [0.05, 0.1) is 7.11 Å². The van der Waals surface area contributed by atoms with Crippen molar-refractivity contribution in [2.45, 2.75) is 6.92 Å². The summed E-state index contributed by atoms with van der Waals surface area (Å²) in [5, 5.41) is 3.53. The molecule has 5 heteroatoms. The molecule has 1 aromatic heterocycles. The van der Waals surface area contributed by atoms with Gasteiger partial charge in [0.1, 0.15) is 11.3 Å². The summed E-state index contributed by atoms with van der Waals surface area (Å²) in [6.45, 7) is 1.50. The summed E-state index contributed by atoms with van der Waals surface area (Å²) >= 11 is 0. The number of rotatable bonds is 4. The molecule has 116 valence electrons. The lowest BCUT2D eigenvalue weighted by Gasteiger charge is -2.03. The van der Waals surface area contributed by atoms with Crippen LogP contribution in [0, 0.1) is 0 Å². The van der Waals surface area contributed by atoms with Crippen molar-refractivity contribution in [1.29, 1.82) is 0 Å². The number of nitrogens with one attached hydrogen (secondary N) is 1. The Balaban J connectivity index is 1.81. The predicted octanol–water partition coefficient (Wildman–Crippen LogP) is 3.90. The second-order valence-electron chi connectivity index (χ2n) is 5.10. The fraction of sp³-hybridized carbons (Fsp3) is 0.111. The van der Waals surface area contributed by atoms with Crippen LogP contribution in [0.25, 0.3) is 11.0 Å². The quantitative estimate of drug-likeness (QED) is 0.742. The lowest BCUT2D eigenvalue weighted by atomic mass is 10.1. The number of hydrogen-bond donors (Lipinski definition) is 1. The number of furan rings is 1. The standard InChI is InChI=1S/C18H15NO4/c1-11(20)12-3-5-14(6-4-12)19-18(21)17-10-13-9-15(22-2)7-8-16(13)23-17/h3-10H,1-2H3,(H,19,21).